The van der Waals surface area contributed by atoms with Gasteiger partial charge in [-0.1, -0.05) is 30.3 Å². The SMILES string of the molecule is C=CCC1CCC(c2ccc(C34CCC(C#N)(CC3)CC4)cc2)CC1. The lowest BCUT2D eigenvalue weighted by Crippen LogP contribution is -2.43. The van der Waals surface area contributed by atoms with Gasteiger partial charge in [-0.2, -0.15) is 5.26 Å². The summed E-state index contributed by atoms with van der Waals surface area (Å²) in [6.45, 7) is 3.90. The number of nitrogens with zero attached hydrogens (tertiary/aromatic N) is 1. The molecular formula is C24H31N. The lowest BCUT2D eigenvalue weighted by Gasteiger charge is -2.50. The van der Waals surface area contributed by atoms with E-state index in [1.54, 1.807) is 11.1 Å². The average Bonchev–Trinajstić information content (AvgIpc) is 2.70. The van der Waals surface area contributed by atoms with Crippen molar-refractivity contribution in [3.63, 3.8) is 0 Å². The van der Waals surface area contributed by atoms with E-state index < -0.39 is 0 Å². The van der Waals surface area contributed by atoms with Crippen LogP contribution < -0.4 is 0 Å². The van der Waals surface area contributed by atoms with Gasteiger partial charge in [0.2, 0.25) is 0 Å². The van der Waals surface area contributed by atoms with Gasteiger partial charge in [0.15, 0.2) is 0 Å². The molecule has 0 amide bonds. The molecule has 0 heterocycles. The van der Waals surface area contributed by atoms with Crippen molar-refractivity contribution >= 4 is 0 Å². The predicted octanol–water partition coefficient (Wildman–Crippen LogP) is 6.65. The van der Waals surface area contributed by atoms with Crippen LogP contribution in [0.3, 0.4) is 0 Å². The van der Waals surface area contributed by atoms with Crippen LogP contribution in [-0.2, 0) is 5.41 Å². The van der Waals surface area contributed by atoms with Crippen molar-refractivity contribution in [2.24, 2.45) is 11.3 Å². The van der Waals surface area contributed by atoms with Crippen molar-refractivity contribution in [1.29, 1.82) is 5.26 Å². The maximum Gasteiger partial charge on any atom is 0.0689 e. The maximum absolute atomic E-state index is 9.50. The van der Waals surface area contributed by atoms with Crippen LogP contribution in [0.5, 0.6) is 0 Å². The first-order valence-electron chi connectivity index (χ1n) is 10.3. The molecule has 4 aliphatic rings. The fourth-order valence-electron chi connectivity index (χ4n) is 5.86. The van der Waals surface area contributed by atoms with Gasteiger partial charge in [-0.05, 0) is 99.0 Å². The normalized spacial score (nSPS) is 37.4. The third-order valence-corrected chi connectivity index (χ3v) is 7.82. The van der Waals surface area contributed by atoms with E-state index >= 15 is 0 Å². The zero-order valence-corrected chi connectivity index (χ0v) is 15.5. The maximum atomic E-state index is 9.50. The van der Waals surface area contributed by atoms with Crippen molar-refractivity contribution in [2.45, 2.75) is 82.0 Å². The standard InChI is InChI=1S/C24H31N/c1-2-3-19-4-6-20(7-5-19)21-8-10-22(11-9-21)24-15-12-23(18-25,13-16-24)14-17-24/h2,8-11,19-20H,1,3-7,12-17H2. The van der Waals surface area contributed by atoms with Gasteiger partial charge in [-0.3, -0.25) is 0 Å². The summed E-state index contributed by atoms with van der Waals surface area (Å²) in [5.41, 5.74) is 3.49. The molecule has 0 spiro atoms. The van der Waals surface area contributed by atoms with Gasteiger partial charge >= 0.3 is 0 Å². The van der Waals surface area contributed by atoms with E-state index in [9.17, 15) is 5.26 Å². The van der Waals surface area contributed by atoms with Crippen LogP contribution in [0, 0.1) is 22.7 Å². The molecule has 1 heteroatoms. The Morgan fingerprint density at radius 2 is 1.56 bits per heavy atom. The van der Waals surface area contributed by atoms with Crippen LogP contribution in [0.4, 0.5) is 0 Å². The average molecular weight is 334 g/mol. The van der Waals surface area contributed by atoms with Crippen molar-refractivity contribution < 1.29 is 0 Å². The monoisotopic (exact) mass is 333 g/mol. The molecule has 4 aliphatic carbocycles. The molecule has 5 rings (SSSR count). The number of benzene rings is 1. The molecule has 0 radical (unpaired) electrons. The molecular weight excluding hydrogens is 302 g/mol. The first-order valence-corrected chi connectivity index (χ1v) is 10.3. The van der Waals surface area contributed by atoms with E-state index in [0.717, 1.165) is 31.1 Å². The first kappa shape index (κ1) is 16.9. The van der Waals surface area contributed by atoms with Crippen molar-refractivity contribution in [2.75, 3.05) is 0 Å². The zero-order chi connectivity index (χ0) is 17.3. The minimum absolute atomic E-state index is 0.0196. The predicted molar refractivity (Wildman–Crippen MR) is 103 cm³/mol. The summed E-state index contributed by atoms with van der Waals surface area (Å²) in [6, 6.07) is 12.3. The molecule has 0 N–H and O–H groups in total. The summed E-state index contributed by atoms with van der Waals surface area (Å²) in [4.78, 5) is 0. The second-order valence-electron chi connectivity index (χ2n) is 9.04. The molecule has 4 saturated carbocycles. The lowest BCUT2D eigenvalue weighted by atomic mass is 9.52. The zero-order valence-electron chi connectivity index (χ0n) is 15.5. The number of hydrogen-bond acceptors (Lipinski definition) is 1. The Kier molecular flexibility index (Phi) is 4.48. The number of hydrogen-bond donors (Lipinski definition) is 0. The highest BCUT2D eigenvalue weighted by molar-refractivity contribution is 5.33. The van der Waals surface area contributed by atoms with E-state index in [0.29, 0.717) is 5.41 Å². The molecule has 2 bridgehead atoms. The molecule has 1 aromatic carbocycles. The molecule has 1 aromatic rings. The van der Waals surface area contributed by atoms with Crippen LogP contribution >= 0.6 is 0 Å². The molecule has 132 valence electrons. The quantitative estimate of drug-likeness (QED) is 0.566. The molecule has 0 atom stereocenters. The van der Waals surface area contributed by atoms with E-state index in [2.05, 4.69) is 43.0 Å². The van der Waals surface area contributed by atoms with Crippen molar-refractivity contribution in [1.82, 2.24) is 0 Å². The van der Waals surface area contributed by atoms with E-state index in [-0.39, 0.29) is 5.41 Å². The smallest absolute Gasteiger partial charge is 0.0689 e. The Balaban J connectivity index is 1.43. The summed E-state index contributed by atoms with van der Waals surface area (Å²) in [7, 11) is 0. The Morgan fingerprint density at radius 1 is 0.960 bits per heavy atom. The van der Waals surface area contributed by atoms with Crippen LogP contribution in [0.15, 0.2) is 36.9 Å². The highest BCUT2D eigenvalue weighted by Crippen LogP contribution is 2.57. The molecule has 25 heavy (non-hydrogen) atoms. The highest BCUT2D eigenvalue weighted by atomic mass is 14.5. The van der Waals surface area contributed by atoms with Gasteiger partial charge in [-0.15, -0.1) is 6.58 Å². The molecule has 1 nitrogen and oxygen atoms in total. The highest BCUT2D eigenvalue weighted by Gasteiger charge is 2.49. The molecule has 0 saturated heterocycles. The summed E-state index contributed by atoms with van der Waals surface area (Å²) < 4.78 is 0. The molecule has 0 unspecified atom stereocenters. The largest absolute Gasteiger partial charge is 0.198 e. The summed E-state index contributed by atoms with van der Waals surface area (Å²) in [5, 5.41) is 9.50. The van der Waals surface area contributed by atoms with Crippen molar-refractivity contribution in [3.05, 3.63) is 48.0 Å². The van der Waals surface area contributed by atoms with Crippen LogP contribution in [-0.4, -0.2) is 0 Å². The Bertz CT molecular complexity index is 630. The van der Waals surface area contributed by atoms with Gasteiger partial charge in [0.1, 0.15) is 0 Å². The third-order valence-electron chi connectivity index (χ3n) is 7.82. The molecule has 0 aliphatic heterocycles. The minimum atomic E-state index is 0.0196. The van der Waals surface area contributed by atoms with E-state index in [4.69, 9.17) is 0 Å². The second-order valence-corrected chi connectivity index (χ2v) is 9.04. The van der Waals surface area contributed by atoms with Gasteiger partial charge in [0, 0.05) is 0 Å². The van der Waals surface area contributed by atoms with Gasteiger partial charge < -0.3 is 0 Å². The Hall–Kier alpha value is -1.55. The lowest BCUT2D eigenvalue weighted by molar-refractivity contribution is 0.0849. The second kappa shape index (κ2) is 6.64. The number of allylic oxidation sites excluding steroid dienone is 1. The fourth-order valence-corrected chi connectivity index (χ4v) is 5.86. The Morgan fingerprint density at radius 3 is 2.08 bits per heavy atom. The third kappa shape index (κ3) is 3.05. The van der Waals surface area contributed by atoms with E-state index in [1.807, 2.05) is 0 Å². The summed E-state index contributed by atoms with van der Waals surface area (Å²) in [5.74, 6) is 1.63. The van der Waals surface area contributed by atoms with Gasteiger partial charge in [-0.25, -0.2) is 0 Å². The van der Waals surface area contributed by atoms with Crippen LogP contribution in [0.1, 0.15) is 87.7 Å². The van der Waals surface area contributed by atoms with Gasteiger partial charge in [0.05, 0.1) is 11.5 Å². The Labute approximate surface area is 153 Å². The molecule has 0 aromatic heterocycles. The summed E-state index contributed by atoms with van der Waals surface area (Å²) >= 11 is 0. The molecule has 4 fully saturated rings. The van der Waals surface area contributed by atoms with Crippen LogP contribution in [0.2, 0.25) is 0 Å². The topological polar surface area (TPSA) is 23.8 Å². The number of fused-ring (bicyclic) bond motifs is 3. The van der Waals surface area contributed by atoms with Crippen LogP contribution in [0.25, 0.3) is 0 Å². The minimum Gasteiger partial charge on any atom is -0.198 e. The van der Waals surface area contributed by atoms with E-state index in [1.165, 1.54) is 51.4 Å². The van der Waals surface area contributed by atoms with Gasteiger partial charge in [0.25, 0.3) is 0 Å². The first-order chi connectivity index (χ1) is 12.2. The fraction of sp³-hybridized carbons (Fsp3) is 0.625. The van der Waals surface area contributed by atoms with Crippen molar-refractivity contribution in [3.8, 4) is 6.07 Å². The number of rotatable bonds is 4. The number of nitriles is 1. The summed E-state index contributed by atoms with van der Waals surface area (Å²) in [6.07, 6.45) is 15.7.